The average Bonchev–Trinajstić information content (AvgIpc) is 1.56. The van der Waals surface area contributed by atoms with Crippen molar-refractivity contribution in [1.29, 1.82) is 0 Å². The summed E-state index contributed by atoms with van der Waals surface area (Å²) in [4.78, 5) is 4.04. The van der Waals surface area contributed by atoms with Crippen LogP contribution in [0.4, 0.5) is 34.1 Å². The quantitative estimate of drug-likeness (QED) is 0.141. The van der Waals surface area contributed by atoms with Crippen LogP contribution < -0.4 is 26.2 Å². The molecule has 0 saturated carbocycles. The third-order valence-electron chi connectivity index (χ3n) is 21.7. The Hall–Kier alpha value is -10.4. The van der Waals surface area contributed by atoms with Crippen LogP contribution >= 0.6 is 0 Å². The summed E-state index contributed by atoms with van der Waals surface area (Å²) in [5.41, 5.74) is 6.37. The first-order valence-electron chi connectivity index (χ1n) is 47.2. The fourth-order valence-electron chi connectivity index (χ4n) is 15.9. The number of fused-ring (bicyclic) bond motifs is 14. The molecule has 13 aromatic carbocycles. The third kappa shape index (κ3) is 11.3. The van der Waals surface area contributed by atoms with Gasteiger partial charge in [-0.15, -0.1) is 0 Å². The van der Waals surface area contributed by atoms with Crippen LogP contribution in [-0.4, -0.2) is 44.9 Å². The second kappa shape index (κ2) is 25.1. The van der Waals surface area contributed by atoms with E-state index in [9.17, 15) is 27.4 Å². The van der Waals surface area contributed by atoms with E-state index in [1.807, 2.05) is 173 Å². The van der Waals surface area contributed by atoms with Gasteiger partial charge in [-0.25, -0.2) is 0 Å². The Morgan fingerprint density at radius 2 is 0.633 bits per heavy atom. The second-order valence-corrected chi connectivity index (χ2v) is 38.3. The molecule has 109 heavy (non-hydrogen) atoms. The van der Waals surface area contributed by atoms with Crippen LogP contribution in [0.15, 0.2) is 279 Å². The van der Waals surface area contributed by atoms with Crippen LogP contribution in [0.25, 0.3) is 117 Å². The van der Waals surface area contributed by atoms with Gasteiger partial charge >= 0.3 is 686 Å². The van der Waals surface area contributed by atoms with Crippen LogP contribution in [-0.2, 0) is 27.1 Å². The molecular formula is C102H91BN4Se2. The Kier molecular flexibility index (Phi) is 11.6. The minimum atomic E-state index is -1.53. The van der Waals surface area contributed by atoms with E-state index in [4.69, 9.17) is 0 Å². The SMILES string of the molecule is [2H]c1c([2H])c(-n2c3[se]c4c([2H])c([2H])c(C(C)(C)C)c([2H])c4c3c3c([2H])c([2H])c([2H])c([2H])c32)c([2H])c2c1B1c3c(cc(C(C)(C)C)cc3N(c3c(-c4ccccc4)cc(C(C)(C)C)cc3-c3ccccc3)c3c([2H])c(-n4c5[se]c6c([2H])c([2H])c(C(C)(C)C)c([2H])c6c5c5c([2H])c([2H])c([2H])c([2H])c54)c([2H])c([2H])c31)N2c1c(-c2ccccc2)cc(C(C)(C)C)cc1-c1ccccc1. The Balaban J connectivity index is 1.09. The molecular weight excluding hydrogens is 1450 g/mol. The van der Waals surface area contributed by atoms with Crippen molar-refractivity contribution >= 4 is 147 Å². The van der Waals surface area contributed by atoms with Gasteiger partial charge in [0.25, 0.3) is 0 Å². The van der Waals surface area contributed by atoms with E-state index in [0.717, 1.165) is 33.4 Å². The number of benzene rings is 13. The van der Waals surface area contributed by atoms with Crippen molar-refractivity contribution in [2.45, 2.75) is 131 Å². The van der Waals surface area contributed by atoms with Crippen molar-refractivity contribution in [1.82, 2.24) is 9.13 Å². The van der Waals surface area contributed by atoms with Gasteiger partial charge in [0, 0.05) is 0 Å². The second-order valence-electron chi connectivity index (χ2n) is 34.1. The van der Waals surface area contributed by atoms with Crippen LogP contribution in [0.1, 0.15) is 159 Å². The van der Waals surface area contributed by atoms with E-state index in [-0.39, 0.29) is 133 Å². The van der Waals surface area contributed by atoms with E-state index >= 15 is 0 Å². The number of para-hydroxylation sites is 2. The Morgan fingerprint density at radius 1 is 0.312 bits per heavy atom. The summed E-state index contributed by atoms with van der Waals surface area (Å²) in [6.07, 6.45) is 0. The molecule has 2 aliphatic rings. The zero-order valence-corrected chi connectivity index (χ0v) is 67.1. The molecule has 0 fully saturated rings. The van der Waals surface area contributed by atoms with E-state index in [2.05, 4.69) is 98.7 Å². The predicted molar refractivity (Wildman–Crippen MR) is 473 cm³/mol. The molecule has 0 aliphatic carbocycles. The van der Waals surface area contributed by atoms with Crippen molar-refractivity contribution in [3.05, 3.63) is 306 Å². The summed E-state index contributed by atoms with van der Waals surface area (Å²) in [7, 11) is 0. The molecule has 17 aromatic rings. The summed E-state index contributed by atoms with van der Waals surface area (Å²) in [6.45, 7) is 28.7. The molecule has 19 rings (SSSR count). The van der Waals surface area contributed by atoms with Gasteiger partial charge in [-0.2, -0.15) is 0 Å². The van der Waals surface area contributed by atoms with Crippen molar-refractivity contribution in [3.63, 3.8) is 0 Å². The molecule has 0 atom stereocenters. The summed E-state index contributed by atoms with van der Waals surface area (Å²) in [5.74, 6) is 0. The maximum absolute atomic E-state index is 12.0. The van der Waals surface area contributed by atoms with Crippen molar-refractivity contribution in [2.75, 3.05) is 9.80 Å². The Morgan fingerprint density at radius 3 is 0.963 bits per heavy atom. The molecule has 7 heteroatoms. The first kappa shape index (κ1) is 50.4. The zero-order chi connectivity index (χ0) is 92.5. The molecule has 0 N–H and O–H groups in total. The normalized spacial score (nSPS) is 16.0. The predicted octanol–water partition coefficient (Wildman–Crippen LogP) is 25.5. The summed E-state index contributed by atoms with van der Waals surface area (Å²) >= 11 is -2.29. The minimum absolute atomic E-state index is 0.0134. The number of nitrogens with zero attached hydrogens (tertiary/aromatic N) is 4. The van der Waals surface area contributed by atoms with Gasteiger partial charge in [0.2, 0.25) is 0 Å². The number of rotatable bonds is 8. The van der Waals surface area contributed by atoms with E-state index < -0.39 is 147 Å². The van der Waals surface area contributed by atoms with Crippen molar-refractivity contribution in [3.8, 4) is 55.9 Å². The standard InChI is InChI=1S/C102H91BN4Se2/c1-98(2,3)66-44-50-89-79(52-66)91-73-40-28-30-42-83(73)104(96(91)108-89)71-46-48-81-85(60-71)106(94-75(62-32-20-16-21-33-62)54-68(100(7,8)9)55-76(94)63-34-22-17-23-35-63)87-58-70(102(13,14)15)59-88-93(87)103(81)82-49-47-72(105-84-43-31-29-41-74(84)92-80-53-67(99(4,5)6)45-51-90(80)109-97(92)105)61-86(82)107(88)95-77(64-36-24-18-25-37-64)56-69(101(10,11)12)57-78(95)65-38-26-19-27-39-65/h16-61H,1-15H3/i28D,29D,30D,31D,40D,41D,42D,43D,44D,45D,46D,47D,48D,49D,50D,51D,52D,53D,60D,61D. The zero-order valence-electron chi connectivity index (χ0n) is 83.7. The Bertz CT molecular complexity index is 7250. The maximum atomic E-state index is 12.0. The molecule has 0 bridgehead atoms. The average molecular weight is 1560 g/mol. The Labute approximate surface area is 682 Å². The van der Waals surface area contributed by atoms with Crippen LogP contribution in [0, 0.1) is 0 Å². The van der Waals surface area contributed by atoms with E-state index in [0.29, 0.717) is 64.5 Å². The summed E-state index contributed by atoms with van der Waals surface area (Å²) < 4.78 is 212. The molecule has 0 amide bonds. The summed E-state index contributed by atoms with van der Waals surface area (Å²) in [6, 6.07) is 43.9. The van der Waals surface area contributed by atoms with E-state index in [1.165, 1.54) is 9.13 Å². The van der Waals surface area contributed by atoms with Crippen LogP contribution in [0.2, 0.25) is 0 Å². The third-order valence-corrected chi connectivity index (χ3v) is 26.2. The molecule has 534 valence electrons. The fraction of sp³-hybridized carbons (Fsp3) is 0.196. The molecule has 2 aliphatic heterocycles. The number of hydrogen-bond donors (Lipinski definition) is 0. The van der Waals surface area contributed by atoms with Gasteiger partial charge in [-0.3, -0.25) is 0 Å². The summed E-state index contributed by atoms with van der Waals surface area (Å²) in [5, 5.41) is 0.707. The van der Waals surface area contributed by atoms with Gasteiger partial charge in [0.15, 0.2) is 0 Å². The van der Waals surface area contributed by atoms with Crippen LogP contribution in [0.3, 0.4) is 0 Å². The topological polar surface area (TPSA) is 16.3 Å². The van der Waals surface area contributed by atoms with E-state index in [1.54, 1.807) is 0 Å². The van der Waals surface area contributed by atoms with Gasteiger partial charge < -0.3 is 0 Å². The monoisotopic (exact) mass is 1560 g/mol. The van der Waals surface area contributed by atoms with Crippen LogP contribution in [0.5, 0.6) is 0 Å². The first-order valence-corrected chi connectivity index (χ1v) is 40.6. The number of aromatic nitrogens is 2. The van der Waals surface area contributed by atoms with Gasteiger partial charge in [-0.05, 0) is 0 Å². The number of anilines is 6. The molecule has 6 heterocycles. The van der Waals surface area contributed by atoms with Gasteiger partial charge in [0.05, 0.1) is 0 Å². The van der Waals surface area contributed by atoms with Gasteiger partial charge in [0.1, 0.15) is 0 Å². The van der Waals surface area contributed by atoms with Crippen molar-refractivity contribution in [2.24, 2.45) is 0 Å². The molecule has 4 nitrogen and oxygen atoms in total. The fourth-order valence-corrected chi connectivity index (χ4v) is 20.6. The molecule has 0 saturated heterocycles. The molecule has 0 radical (unpaired) electrons. The first-order chi connectivity index (χ1) is 60.6. The number of hydrogen-bond acceptors (Lipinski definition) is 2. The molecule has 4 aromatic heterocycles. The molecule has 0 unspecified atom stereocenters. The van der Waals surface area contributed by atoms with Crippen molar-refractivity contribution < 1.29 is 27.4 Å². The van der Waals surface area contributed by atoms with Gasteiger partial charge in [-0.1, -0.05) is 0 Å². The molecule has 0 spiro atoms.